The zero-order valence-electron chi connectivity index (χ0n) is 11.1. The van der Waals surface area contributed by atoms with Gasteiger partial charge in [-0.25, -0.2) is 0 Å². The van der Waals surface area contributed by atoms with Crippen LogP contribution in [-0.2, 0) is 0 Å². The average molecular weight is 270 g/mol. The van der Waals surface area contributed by atoms with E-state index >= 15 is 0 Å². The van der Waals surface area contributed by atoms with Crippen molar-refractivity contribution in [2.45, 2.75) is 32.4 Å². The van der Waals surface area contributed by atoms with Crippen LogP contribution in [0.5, 0.6) is 5.75 Å². The molecule has 0 aromatic heterocycles. The van der Waals surface area contributed by atoms with Crippen molar-refractivity contribution in [1.29, 1.82) is 0 Å². The SMILES string of the molecule is CCNC1CCN(c2ccccc2OC(F)F)CC1. The standard InChI is InChI=1S/C14H20F2N2O/c1-2-17-11-7-9-18(10-8-11)12-5-3-4-6-13(12)19-14(15)16/h3-6,11,14,17H,2,7-10H2,1H3. The molecule has 1 fully saturated rings. The predicted octanol–water partition coefficient (Wildman–Crippen LogP) is 2.87. The van der Waals surface area contributed by atoms with Crippen LogP contribution in [0, 0.1) is 0 Å². The lowest BCUT2D eigenvalue weighted by Gasteiger charge is -2.34. The molecule has 19 heavy (non-hydrogen) atoms. The van der Waals surface area contributed by atoms with Crippen molar-refractivity contribution in [3.05, 3.63) is 24.3 Å². The molecule has 0 aliphatic carbocycles. The summed E-state index contributed by atoms with van der Waals surface area (Å²) in [5.74, 6) is 0.263. The Morgan fingerprint density at radius 3 is 2.63 bits per heavy atom. The monoisotopic (exact) mass is 270 g/mol. The quantitative estimate of drug-likeness (QED) is 0.890. The van der Waals surface area contributed by atoms with Gasteiger partial charge in [-0.1, -0.05) is 19.1 Å². The summed E-state index contributed by atoms with van der Waals surface area (Å²) < 4.78 is 29.3. The number of piperidine rings is 1. The zero-order valence-corrected chi connectivity index (χ0v) is 11.1. The molecule has 0 amide bonds. The van der Waals surface area contributed by atoms with Crippen molar-refractivity contribution in [1.82, 2.24) is 5.32 Å². The number of ether oxygens (including phenoxy) is 1. The molecule has 1 saturated heterocycles. The van der Waals surface area contributed by atoms with Crippen LogP contribution in [0.3, 0.4) is 0 Å². The fourth-order valence-corrected chi connectivity index (χ4v) is 2.53. The molecule has 1 aliphatic heterocycles. The van der Waals surface area contributed by atoms with Crippen LogP contribution >= 0.6 is 0 Å². The summed E-state index contributed by atoms with van der Waals surface area (Å²) >= 11 is 0. The van der Waals surface area contributed by atoms with Crippen molar-refractivity contribution < 1.29 is 13.5 Å². The zero-order chi connectivity index (χ0) is 13.7. The summed E-state index contributed by atoms with van der Waals surface area (Å²) in [6, 6.07) is 7.53. The van der Waals surface area contributed by atoms with Gasteiger partial charge in [0.25, 0.3) is 0 Å². The fourth-order valence-electron chi connectivity index (χ4n) is 2.53. The number of rotatable bonds is 5. The van der Waals surface area contributed by atoms with Crippen LogP contribution in [0.15, 0.2) is 24.3 Å². The first-order chi connectivity index (χ1) is 9.20. The van der Waals surface area contributed by atoms with Crippen LogP contribution in [0.1, 0.15) is 19.8 Å². The van der Waals surface area contributed by atoms with Crippen molar-refractivity contribution >= 4 is 5.69 Å². The van der Waals surface area contributed by atoms with Crippen molar-refractivity contribution in [2.75, 3.05) is 24.5 Å². The van der Waals surface area contributed by atoms with Gasteiger partial charge >= 0.3 is 6.61 Å². The van der Waals surface area contributed by atoms with Crippen molar-refractivity contribution in [3.8, 4) is 5.75 Å². The van der Waals surface area contributed by atoms with Crippen molar-refractivity contribution in [2.24, 2.45) is 0 Å². The largest absolute Gasteiger partial charge is 0.433 e. The fraction of sp³-hybridized carbons (Fsp3) is 0.571. The third-order valence-corrected chi connectivity index (χ3v) is 3.41. The van der Waals surface area contributed by atoms with E-state index in [0.29, 0.717) is 6.04 Å². The minimum absolute atomic E-state index is 0.263. The molecule has 0 bridgehead atoms. The Balaban J connectivity index is 2.02. The van der Waals surface area contributed by atoms with E-state index < -0.39 is 6.61 Å². The highest BCUT2D eigenvalue weighted by Crippen LogP contribution is 2.31. The number of hydrogen-bond donors (Lipinski definition) is 1. The molecule has 1 aliphatic rings. The van der Waals surface area contributed by atoms with Gasteiger partial charge in [0.15, 0.2) is 0 Å². The molecule has 0 radical (unpaired) electrons. The van der Waals surface area contributed by atoms with E-state index in [9.17, 15) is 8.78 Å². The third-order valence-electron chi connectivity index (χ3n) is 3.41. The molecule has 5 heteroatoms. The van der Waals surface area contributed by atoms with Gasteiger partial charge in [-0.15, -0.1) is 0 Å². The van der Waals surface area contributed by atoms with Gasteiger partial charge in [-0.2, -0.15) is 8.78 Å². The van der Waals surface area contributed by atoms with Gasteiger partial charge in [0.1, 0.15) is 5.75 Å². The van der Waals surface area contributed by atoms with Crippen molar-refractivity contribution in [3.63, 3.8) is 0 Å². The molecule has 0 atom stereocenters. The second-order valence-corrected chi connectivity index (χ2v) is 4.67. The number of benzene rings is 1. The number of para-hydroxylation sites is 2. The summed E-state index contributed by atoms with van der Waals surface area (Å²) in [6.07, 6.45) is 2.05. The molecule has 1 N–H and O–H groups in total. The molecule has 106 valence electrons. The van der Waals surface area contributed by atoms with Crippen LogP contribution in [-0.4, -0.2) is 32.3 Å². The summed E-state index contributed by atoms with van der Waals surface area (Å²) in [5, 5.41) is 3.43. The molecule has 0 unspecified atom stereocenters. The number of hydrogen-bond acceptors (Lipinski definition) is 3. The van der Waals surface area contributed by atoms with Gasteiger partial charge < -0.3 is 15.0 Å². The Bertz CT molecular complexity index is 393. The maximum absolute atomic E-state index is 12.4. The molecule has 0 saturated carbocycles. The second-order valence-electron chi connectivity index (χ2n) is 4.67. The van der Waals surface area contributed by atoms with Crippen LogP contribution < -0.4 is 15.0 Å². The highest BCUT2D eigenvalue weighted by atomic mass is 19.3. The molecule has 1 aromatic rings. The normalized spacial score (nSPS) is 16.9. The first-order valence-corrected chi connectivity index (χ1v) is 6.73. The smallest absolute Gasteiger partial charge is 0.387 e. The van der Waals surface area contributed by atoms with Gasteiger partial charge in [-0.3, -0.25) is 0 Å². The molecule has 1 heterocycles. The summed E-state index contributed by atoms with van der Waals surface area (Å²) in [6.45, 7) is 2.01. The highest BCUT2D eigenvalue weighted by Gasteiger charge is 2.21. The number of nitrogens with one attached hydrogen (secondary N) is 1. The van der Waals surface area contributed by atoms with E-state index in [1.807, 2.05) is 12.1 Å². The van der Waals surface area contributed by atoms with Gasteiger partial charge in [0.2, 0.25) is 0 Å². The minimum atomic E-state index is -2.78. The van der Waals surface area contributed by atoms with E-state index in [1.54, 1.807) is 12.1 Å². The lowest BCUT2D eigenvalue weighted by Crippen LogP contribution is -2.42. The first kappa shape index (κ1) is 14.1. The molecule has 3 nitrogen and oxygen atoms in total. The Morgan fingerprint density at radius 2 is 2.00 bits per heavy atom. The Morgan fingerprint density at radius 1 is 1.32 bits per heavy atom. The Labute approximate surface area is 112 Å². The molecule has 2 rings (SSSR count). The number of nitrogens with zero attached hydrogens (tertiary/aromatic N) is 1. The third kappa shape index (κ3) is 3.80. The molecule has 0 spiro atoms. The number of anilines is 1. The topological polar surface area (TPSA) is 24.5 Å². The number of alkyl halides is 2. The van der Waals surface area contributed by atoms with E-state index in [1.165, 1.54) is 0 Å². The second kappa shape index (κ2) is 6.70. The molecular formula is C14H20F2N2O. The van der Waals surface area contributed by atoms with Gasteiger partial charge in [0, 0.05) is 19.1 Å². The van der Waals surface area contributed by atoms with E-state index in [0.717, 1.165) is 38.2 Å². The molecular weight excluding hydrogens is 250 g/mol. The summed E-state index contributed by atoms with van der Waals surface area (Å²) in [4.78, 5) is 2.12. The Hall–Kier alpha value is -1.36. The van der Waals surface area contributed by atoms with Gasteiger partial charge in [-0.05, 0) is 31.5 Å². The Kier molecular flexibility index (Phi) is 4.96. The van der Waals surface area contributed by atoms with E-state index in [4.69, 9.17) is 0 Å². The van der Waals surface area contributed by atoms with Crippen LogP contribution in [0.4, 0.5) is 14.5 Å². The van der Waals surface area contributed by atoms with E-state index in [-0.39, 0.29) is 5.75 Å². The predicted molar refractivity (Wildman–Crippen MR) is 72.0 cm³/mol. The van der Waals surface area contributed by atoms with Crippen LogP contribution in [0.2, 0.25) is 0 Å². The average Bonchev–Trinajstić information content (AvgIpc) is 2.40. The maximum Gasteiger partial charge on any atom is 0.387 e. The number of halogens is 2. The lowest BCUT2D eigenvalue weighted by molar-refractivity contribution is -0.0495. The minimum Gasteiger partial charge on any atom is -0.433 e. The lowest BCUT2D eigenvalue weighted by atomic mass is 10.0. The van der Waals surface area contributed by atoms with Gasteiger partial charge in [0.05, 0.1) is 5.69 Å². The van der Waals surface area contributed by atoms with Crippen LogP contribution in [0.25, 0.3) is 0 Å². The molecule has 1 aromatic carbocycles. The first-order valence-electron chi connectivity index (χ1n) is 6.73. The highest BCUT2D eigenvalue weighted by molar-refractivity contribution is 5.58. The summed E-state index contributed by atoms with van der Waals surface area (Å²) in [5.41, 5.74) is 0.762. The van der Waals surface area contributed by atoms with E-state index in [2.05, 4.69) is 21.9 Å². The maximum atomic E-state index is 12.4. The summed E-state index contributed by atoms with van der Waals surface area (Å²) in [7, 11) is 0.